The highest BCUT2D eigenvalue weighted by molar-refractivity contribution is 5.92. The van der Waals surface area contributed by atoms with Crippen molar-refractivity contribution in [3.05, 3.63) is 24.0 Å². The van der Waals surface area contributed by atoms with Gasteiger partial charge in [-0.2, -0.15) is 13.2 Å². The molecule has 21 heavy (non-hydrogen) atoms. The van der Waals surface area contributed by atoms with E-state index < -0.39 is 24.7 Å². The Balaban J connectivity index is 2.84. The number of halogens is 3. The van der Waals surface area contributed by atoms with Crippen LogP contribution in [0.5, 0.6) is 0 Å². The number of nitrogens with zero attached hydrogens (tertiary/aromatic N) is 2. The minimum Gasteiger partial charge on any atom is -0.384 e. The predicted molar refractivity (Wildman–Crippen MR) is 75.2 cm³/mol. The van der Waals surface area contributed by atoms with Crippen LogP contribution in [0.25, 0.3) is 0 Å². The molecule has 0 atom stereocenters. The first-order valence-corrected chi connectivity index (χ1v) is 6.82. The number of carbonyl (C=O) groups is 1. The van der Waals surface area contributed by atoms with Gasteiger partial charge in [0.25, 0.3) is 5.91 Å². The van der Waals surface area contributed by atoms with Gasteiger partial charge in [-0.1, -0.05) is 6.92 Å². The van der Waals surface area contributed by atoms with Gasteiger partial charge in [-0.25, -0.2) is 4.98 Å². The number of hydrogen-bond acceptors (Lipinski definition) is 3. The quantitative estimate of drug-likeness (QED) is 0.877. The largest absolute Gasteiger partial charge is 0.406 e. The summed E-state index contributed by atoms with van der Waals surface area (Å²) in [6.45, 7) is 4.58. The number of anilines is 1. The molecule has 0 saturated carbocycles. The van der Waals surface area contributed by atoms with Crippen LogP contribution in [-0.2, 0) is 0 Å². The maximum Gasteiger partial charge on any atom is 0.406 e. The first-order valence-electron chi connectivity index (χ1n) is 6.82. The Morgan fingerprint density at radius 3 is 2.48 bits per heavy atom. The van der Waals surface area contributed by atoms with Gasteiger partial charge in [-0.15, -0.1) is 0 Å². The molecule has 0 aromatic carbocycles. The molecule has 0 saturated heterocycles. The van der Waals surface area contributed by atoms with Crippen molar-refractivity contribution in [1.29, 1.82) is 0 Å². The average molecular weight is 303 g/mol. The molecule has 118 valence electrons. The lowest BCUT2D eigenvalue weighted by Gasteiger charge is -2.27. The van der Waals surface area contributed by atoms with E-state index in [0.717, 1.165) is 23.6 Å². The summed E-state index contributed by atoms with van der Waals surface area (Å²) in [5.41, 5.74) is 0.746. The standard InChI is InChI=1S/C14H20F3N3O/c1-4-7-18-11-5-6-12(19-8-11)13(21)20(10(2)3)9-14(15,16)17/h5-6,8,10,18H,4,7,9H2,1-3H3. The van der Waals surface area contributed by atoms with Crippen molar-refractivity contribution in [2.75, 3.05) is 18.4 Å². The lowest BCUT2D eigenvalue weighted by atomic mass is 10.2. The summed E-state index contributed by atoms with van der Waals surface area (Å²) in [6.07, 6.45) is -2.04. The van der Waals surface area contributed by atoms with Crippen LogP contribution in [0.4, 0.5) is 18.9 Å². The van der Waals surface area contributed by atoms with Gasteiger partial charge in [0.1, 0.15) is 12.2 Å². The molecule has 0 unspecified atom stereocenters. The Hall–Kier alpha value is -1.79. The van der Waals surface area contributed by atoms with Gasteiger partial charge in [-0.05, 0) is 32.4 Å². The molecule has 0 bridgehead atoms. The zero-order valence-corrected chi connectivity index (χ0v) is 12.4. The number of pyridine rings is 1. The van der Waals surface area contributed by atoms with Gasteiger partial charge < -0.3 is 10.2 Å². The molecule has 0 fully saturated rings. The third-order valence-corrected chi connectivity index (χ3v) is 2.80. The zero-order chi connectivity index (χ0) is 16.0. The van der Waals surface area contributed by atoms with Crippen LogP contribution >= 0.6 is 0 Å². The number of rotatable bonds is 6. The van der Waals surface area contributed by atoms with E-state index in [1.165, 1.54) is 12.3 Å². The fourth-order valence-corrected chi connectivity index (χ4v) is 1.72. The molecule has 0 aliphatic rings. The third-order valence-electron chi connectivity index (χ3n) is 2.80. The van der Waals surface area contributed by atoms with Gasteiger partial charge in [0.15, 0.2) is 0 Å². The van der Waals surface area contributed by atoms with Crippen LogP contribution in [0.3, 0.4) is 0 Å². The lowest BCUT2D eigenvalue weighted by molar-refractivity contribution is -0.143. The SMILES string of the molecule is CCCNc1ccc(C(=O)N(CC(F)(F)F)C(C)C)nc1. The van der Waals surface area contributed by atoms with Gasteiger partial charge in [0, 0.05) is 12.6 Å². The summed E-state index contributed by atoms with van der Waals surface area (Å²) in [6, 6.07) is 2.52. The number of carbonyl (C=O) groups excluding carboxylic acids is 1. The molecule has 0 aliphatic heterocycles. The summed E-state index contributed by atoms with van der Waals surface area (Å²) >= 11 is 0. The Bertz CT molecular complexity index is 458. The average Bonchev–Trinajstić information content (AvgIpc) is 2.41. The van der Waals surface area contributed by atoms with E-state index in [1.54, 1.807) is 19.9 Å². The normalized spacial score (nSPS) is 11.6. The molecule has 4 nitrogen and oxygen atoms in total. The molecule has 7 heteroatoms. The molecule has 1 N–H and O–H groups in total. The van der Waals surface area contributed by atoms with Crippen molar-refractivity contribution in [3.63, 3.8) is 0 Å². The van der Waals surface area contributed by atoms with Gasteiger partial charge in [0.2, 0.25) is 0 Å². The maximum absolute atomic E-state index is 12.5. The second kappa shape index (κ2) is 7.28. The Morgan fingerprint density at radius 1 is 1.38 bits per heavy atom. The highest BCUT2D eigenvalue weighted by Gasteiger charge is 2.34. The molecular weight excluding hydrogens is 283 g/mol. The summed E-state index contributed by atoms with van der Waals surface area (Å²) in [5.74, 6) is -0.718. The van der Waals surface area contributed by atoms with Gasteiger partial charge in [0.05, 0.1) is 11.9 Å². The Morgan fingerprint density at radius 2 is 2.05 bits per heavy atom. The fourth-order valence-electron chi connectivity index (χ4n) is 1.72. The fraction of sp³-hybridized carbons (Fsp3) is 0.571. The molecule has 0 aliphatic carbocycles. The molecule has 1 amide bonds. The summed E-state index contributed by atoms with van der Waals surface area (Å²) in [7, 11) is 0. The highest BCUT2D eigenvalue weighted by atomic mass is 19.4. The maximum atomic E-state index is 12.5. The van der Waals surface area contributed by atoms with Crippen LogP contribution in [0.2, 0.25) is 0 Å². The van der Waals surface area contributed by atoms with E-state index in [4.69, 9.17) is 0 Å². The van der Waals surface area contributed by atoms with Crippen molar-refractivity contribution in [1.82, 2.24) is 9.88 Å². The van der Waals surface area contributed by atoms with E-state index in [1.807, 2.05) is 6.92 Å². The van der Waals surface area contributed by atoms with Crippen LogP contribution < -0.4 is 5.32 Å². The van der Waals surface area contributed by atoms with E-state index in [-0.39, 0.29) is 5.69 Å². The minimum absolute atomic E-state index is 0.00926. The third kappa shape index (κ3) is 5.61. The van der Waals surface area contributed by atoms with Crippen molar-refractivity contribution in [2.24, 2.45) is 0 Å². The predicted octanol–water partition coefficient (Wildman–Crippen LogP) is 3.32. The molecule has 1 aromatic rings. The van der Waals surface area contributed by atoms with E-state index in [9.17, 15) is 18.0 Å². The van der Waals surface area contributed by atoms with E-state index >= 15 is 0 Å². The topological polar surface area (TPSA) is 45.2 Å². The number of nitrogens with one attached hydrogen (secondary N) is 1. The number of alkyl halides is 3. The number of amides is 1. The van der Waals surface area contributed by atoms with Crippen LogP contribution in [0.15, 0.2) is 18.3 Å². The Labute approximate surface area is 122 Å². The summed E-state index contributed by atoms with van der Waals surface area (Å²) < 4.78 is 37.6. The zero-order valence-electron chi connectivity index (χ0n) is 12.4. The van der Waals surface area contributed by atoms with Gasteiger partial charge >= 0.3 is 6.18 Å². The molecule has 1 rings (SSSR count). The van der Waals surface area contributed by atoms with E-state index in [0.29, 0.717) is 0 Å². The lowest BCUT2D eigenvalue weighted by Crippen LogP contribution is -2.43. The van der Waals surface area contributed by atoms with E-state index in [2.05, 4.69) is 10.3 Å². The molecule has 1 aromatic heterocycles. The number of hydrogen-bond donors (Lipinski definition) is 1. The Kier molecular flexibility index (Phi) is 5.99. The second-order valence-corrected chi connectivity index (χ2v) is 5.00. The molecular formula is C14H20F3N3O. The molecule has 1 heterocycles. The van der Waals surface area contributed by atoms with Crippen molar-refractivity contribution in [2.45, 2.75) is 39.4 Å². The highest BCUT2D eigenvalue weighted by Crippen LogP contribution is 2.20. The van der Waals surface area contributed by atoms with Crippen molar-refractivity contribution in [3.8, 4) is 0 Å². The summed E-state index contributed by atoms with van der Waals surface area (Å²) in [5, 5.41) is 3.08. The number of aromatic nitrogens is 1. The van der Waals surface area contributed by atoms with Crippen LogP contribution in [-0.4, -0.2) is 41.1 Å². The minimum atomic E-state index is -4.43. The smallest absolute Gasteiger partial charge is 0.384 e. The molecule has 0 spiro atoms. The van der Waals surface area contributed by atoms with Gasteiger partial charge in [-0.3, -0.25) is 4.79 Å². The van der Waals surface area contributed by atoms with Crippen LogP contribution in [0, 0.1) is 0 Å². The van der Waals surface area contributed by atoms with Crippen molar-refractivity contribution < 1.29 is 18.0 Å². The van der Waals surface area contributed by atoms with Crippen molar-refractivity contribution >= 4 is 11.6 Å². The molecule has 0 radical (unpaired) electrons. The van der Waals surface area contributed by atoms with Crippen LogP contribution in [0.1, 0.15) is 37.7 Å². The first-order chi connectivity index (χ1) is 9.74. The first kappa shape index (κ1) is 17.3. The second-order valence-electron chi connectivity index (χ2n) is 5.00. The summed E-state index contributed by atoms with van der Waals surface area (Å²) in [4.78, 5) is 16.8. The monoisotopic (exact) mass is 303 g/mol.